The number of carbonyl (C=O) groups excluding carboxylic acids is 2. The molecule has 23 heavy (non-hydrogen) atoms. The number of amides is 1. The molecule has 0 heterocycles. The van der Waals surface area contributed by atoms with Crippen molar-refractivity contribution in [2.75, 3.05) is 14.2 Å². The summed E-state index contributed by atoms with van der Waals surface area (Å²) in [5, 5.41) is 2.70. The fraction of sp³-hybridized carbons (Fsp3) is 0.444. The van der Waals surface area contributed by atoms with Crippen LogP contribution in [0.25, 0.3) is 0 Å². The number of methoxy groups -OCH3 is 2. The maximum atomic E-state index is 12.9. The Morgan fingerprint density at radius 2 is 1.78 bits per heavy atom. The summed E-state index contributed by atoms with van der Waals surface area (Å²) in [7, 11) is 2.70. The summed E-state index contributed by atoms with van der Waals surface area (Å²) in [5.74, 6) is 4.43. The Morgan fingerprint density at radius 3 is 2.22 bits per heavy atom. The van der Waals surface area contributed by atoms with Gasteiger partial charge in [0.25, 0.3) is 5.91 Å². The second-order valence-electron chi connectivity index (χ2n) is 5.34. The van der Waals surface area contributed by atoms with Gasteiger partial charge < -0.3 is 14.8 Å². The molecule has 0 aliphatic rings. The van der Waals surface area contributed by atoms with Gasteiger partial charge in [-0.3, -0.25) is 4.79 Å². The summed E-state index contributed by atoms with van der Waals surface area (Å²) in [6.45, 7) is 5.28. The summed E-state index contributed by atoms with van der Waals surface area (Å²) in [6, 6.07) is 8.18. The molecule has 1 N–H and O–H groups in total. The molecule has 124 valence electrons. The molecule has 0 radical (unpaired) electrons. The average molecular weight is 317 g/mol. The van der Waals surface area contributed by atoms with Crippen LogP contribution in [0.4, 0.5) is 0 Å². The van der Waals surface area contributed by atoms with Crippen LogP contribution in [0.1, 0.15) is 26.3 Å². The van der Waals surface area contributed by atoms with Gasteiger partial charge in [-0.25, -0.2) is 4.79 Å². The summed E-state index contributed by atoms with van der Waals surface area (Å²) < 4.78 is 10.2. The van der Waals surface area contributed by atoms with Crippen LogP contribution >= 0.6 is 0 Å². The van der Waals surface area contributed by atoms with Crippen molar-refractivity contribution < 1.29 is 19.1 Å². The molecule has 0 aliphatic carbocycles. The minimum atomic E-state index is -1.48. The summed E-state index contributed by atoms with van der Waals surface area (Å²) in [6.07, 6.45) is 0. The van der Waals surface area contributed by atoms with Gasteiger partial charge in [0.2, 0.25) is 5.60 Å². The third-order valence-corrected chi connectivity index (χ3v) is 3.52. The van der Waals surface area contributed by atoms with Gasteiger partial charge in [0.15, 0.2) is 0 Å². The van der Waals surface area contributed by atoms with Gasteiger partial charge in [-0.05, 0) is 12.8 Å². The molecule has 0 spiro atoms. The number of esters is 1. The third kappa shape index (κ3) is 4.11. The van der Waals surface area contributed by atoms with Gasteiger partial charge in [-0.15, -0.1) is 5.92 Å². The number of hydrogen-bond donors (Lipinski definition) is 1. The van der Waals surface area contributed by atoms with Gasteiger partial charge in [0.1, 0.15) is 6.04 Å². The molecule has 5 heteroatoms. The highest BCUT2D eigenvalue weighted by Crippen LogP contribution is 2.25. The maximum absolute atomic E-state index is 12.9. The Kier molecular flexibility index (Phi) is 6.80. The fourth-order valence-electron chi connectivity index (χ4n) is 2.24. The monoisotopic (exact) mass is 317 g/mol. The quantitative estimate of drug-likeness (QED) is 0.642. The van der Waals surface area contributed by atoms with Crippen molar-refractivity contribution in [1.82, 2.24) is 5.32 Å². The van der Waals surface area contributed by atoms with Crippen molar-refractivity contribution in [2.45, 2.75) is 32.4 Å². The number of hydrogen-bond acceptors (Lipinski definition) is 4. The van der Waals surface area contributed by atoms with E-state index in [9.17, 15) is 9.59 Å². The molecular weight excluding hydrogens is 294 g/mol. The summed E-state index contributed by atoms with van der Waals surface area (Å²) in [4.78, 5) is 24.8. The fourth-order valence-corrected chi connectivity index (χ4v) is 2.24. The van der Waals surface area contributed by atoms with E-state index in [-0.39, 0.29) is 5.92 Å². The lowest BCUT2D eigenvalue weighted by atomic mass is 9.91. The summed E-state index contributed by atoms with van der Waals surface area (Å²) in [5.41, 5.74) is -0.876. The van der Waals surface area contributed by atoms with Crippen LogP contribution in [0.5, 0.6) is 0 Å². The molecule has 0 aliphatic heterocycles. The van der Waals surface area contributed by atoms with E-state index in [4.69, 9.17) is 9.47 Å². The van der Waals surface area contributed by atoms with E-state index in [2.05, 4.69) is 17.2 Å². The van der Waals surface area contributed by atoms with E-state index < -0.39 is 23.5 Å². The second kappa shape index (κ2) is 8.35. The predicted octanol–water partition coefficient (Wildman–Crippen LogP) is 1.87. The van der Waals surface area contributed by atoms with Crippen LogP contribution in [0, 0.1) is 17.8 Å². The highest BCUT2D eigenvalue weighted by atomic mass is 16.5. The van der Waals surface area contributed by atoms with E-state index in [0.29, 0.717) is 5.56 Å². The first-order chi connectivity index (χ1) is 10.9. The average Bonchev–Trinajstić information content (AvgIpc) is 2.57. The smallest absolute Gasteiger partial charge is 0.328 e. The molecule has 0 saturated heterocycles. The van der Waals surface area contributed by atoms with Gasteiger partial charge >= 0.3 is 5.97 Å². The zero-order chi connectivity index (χ0) is 17.5. The van der Waals surface area contributed by atoms with Crippen LogP contribution in [0.2, 0.25) is 0 Å². The zero-order valence-corrected chi connectivity index (χ0v) is 14.2. The molecular formula is C18H23NO4. The van der Waals surface area contributed by atoms with Crippen LogP contribution in [-0.4, -0.2) is 32.1 Å². The topological polar surface area (TPSA) is 64.6 Å². The van der Waals surface area contributed by atoms with Crippen molar-refractivity contribution in [3.8, 4) is 11.8 Å². The lowest BCUT2D eigenvalue weighted by Gasteiger charge is -2.29. The molecule has 1 aromatic carbocycles. The largest absolute Gasteiger partial charge is 0.467 e. The SMILES string of the molecule is CC#C[C@](OC)(C(=O)N[C@H](C(=O)OC)C(C)C)c1ccccc1. The molecule has 5 nitrogen and oxygen atoms in total. The van der Waals surface area contributed by atoms with Gasteiger partial charge in [0.05, 0.1) is 7.11 Å². The Bertz CT molecular complexity index is 600. The Balaban J connectivity index is 3.24. The van der Waals surface area contributed by atoms with E-state index in [0.717, 1.165) is 0 Å². The number of benzene rings is 1. The lowest BCUT2D eigenvalue weighted by Crippen LogP contribution is -2.53. The summed E-state index contributed by atoms with van der Waals surface area (Å²) >= 11 is 0. The van der Waals surface area contributed by atoms with Crippen LogP contribution in [0.15, 0.2) is 30.3 Å². The first-order valence-corrected chi connectivity index (χ1v) is 7.36. The van der Waals surface area contributed by atoms with Crippen molar-refractivity contribution in [3.05, 3.63) is 35.9 Å². The third-order valence-electron chi connectivity index (χ3n) is 3.52. The molecule has 0 unspecified atom stereocenters. The van der Waals surface area contributed by atoms with Crippen molar-refractivity contribution in [1.29, 1.82) is 0 Å². The molecule has 1 aromatic rings. The molecule has 0 fully saturated rings. The Labute approximate surface area is 137 Å². The minimum Gasteiger partial charge on any atom is -0.467 e. The number of carbonyl (C=O) groups is 2. The van der Waals surface area contributed by atoms with E-state index in [1.807, 2.05) is 19.9 Å². The lowest BCUT2D eigenvalue weighted by molar-refractivity contribution is -0.150. The van der Waals surface area contributed by atoms with E-state index in [1.165, 1.54) is 14.2 Å². The molecule has 1 amide bonds. The van der Waals surface area contributed by atoms with Crippen LogP contribution in [-0.2, 0) is 24.7 Å². The standard InChI is InChI=1S/C18H23NO4/c1-6-12-18(23-5,14-10-8-7-9-11-14)17(21)19-15(13(2)3)16(20)22-4/h7-11,13,15H,1-5H3,(H,19,21)/t15-,18+/m0/s1. The van der Waals surface area contributed by atoms with Crippen molar-refractivity contribution in [3.63, 3.8) is 0 Å². The molecule has 2 atom stereocenters. The zero-order valence-electron chi connectivity index (χ0n) is 14.2. The van der Waals surface area contributed by atoms with Gasteiger partial charge in [-0.1, -0.05) is 50.1 Å². The number of ether oxygens (including phenoxy) is 2. The normalized spacial score (nSPS) is 14.2. The molecule has 0 saturated carbocycles. The van der Waals surface area contributed by atoms with Crippen LogP contribution in [0.3, 0.4) is 0 Å². The first-order valence-electron chi connectivity index (χ1n) is 7.36. The number of nitrogens with one attached hydrogen (secondary N) is 1. The number of rotatable bonds is 6. The van der Waals surface area contributed by atoms with Crippen molar-refractivity contribution in [2.24, 2.45) is 5.92 Å². The minimum absolute atomic E-state index is 0.133. The Hall–Kier alpha value is -2.32. The molecule has 1 rings (SSSR count). The highest BCUT2D eigenvalue weighted by Gasteiger charge is 2.41. The first kappa shape index (κ1) is 18.7. The maximum Gasteiger partial charge on any atom is 0.328 e. The molecule has 0 bridgehead atoms. The van der Waals surface area contributed by atoms with Crippen LogP contribution < -0.4 is 5.32 Å². The van der Waals surface area contributed by atoms with Gasteiger partial charge in [-0.2, -0.15) is 0 Å². The Morgan fingerprint density at radius 1 is 1.17 bits per heavy atom. The van der Waals surface area contributed by atoms with E-state index >= 15 is 0 Å². The second-order valence-corrected chi connectivity index (χ2v) is 5.34. The molecule has 0 aromatic heterocycles. The van der Waals surface area contributed by atoms with Crippen molar-refractivity contribution >= 4 is 11.9 Å². The highest BCUT2D eigenvalue weighted by molar-refractivity contribution is 5.93. The predicted molar refractivity (Wildman–Crippen MR) is 87.4 cm³/mol. The van der Waals surface area contributed by atoms with E-state index in [1.54, 1.807) is 31.2 Å². The van der Waals surface area contributed by atoms with Gasteiger partial charge in [0, 0.05) is 12.7 Å².